The molecule has 0 aromatic heterocycles. The summed E-state index contributed by atoms with van der Waals surface area (Å²) in [4.78, 5) is 21.5. The molecule has 0 amide bonds. The van der Waals surface area contributed by atoms with Crippen molar-refractivity contribution in [3.05, 3.63) is 35.9 Å². The van der Waals surface area contributed by atoms with E-state index in [0.717, 1.165) is 6.29 Å². The van der Waals surface area contributed by atoms with Crippen molar-refractivity contribution in [3.8, 4) is 0 Å². The van der Waals surface area contributed by atoms with Crippen LogP contribution in [0.25, 0.3) is 0 Å². The predicted molar refractivity (Wildman–Crippen MR) is 62.3 cm³/mol. The van der Waals surface area contributed by atoms with Crippen molar-refractivity contribution in [2.75, 3.05) is 6.61 Å². The average molecular weight is 236 g/mol. The van der Waals surface area contributed by atoms with Crippen molar-refractivity contribution in [3.63, 3.8) is 0 Å². The fraction of sp³-hybridized carbons (Fsp3) is 0.385. The van der Waals surface area contributed by atoms with Gasteiger partial charge in [-0.25, -0.2) is 4.79 Å². The maximum atomic E-state index is 11.4. The summed E-state index contributed by atoms with van der Waals surface area (Å²) < 4.78 is 4.90. The van der Waals surface area contributed by atoms with E-state index in [0.29, 0.717) is 24.8 Å². The molecule has 4 nitrogen and oxygen atoms in total. The minimum absolute atomic E-state index is 0.233. The number of aliphatic hydroxyl groups excluding tert-OH is 1. The van der Waals surface area contributed by atoms with Crippen LogP contribution >= 0.6 is 0 Å². The van der Waals surface area contributed by atoms with E-state index in [-0.39, 0.29) is 6.61 Å². The fourth-order valence-electron chi connectivity index (χ4n) is 1.35. The van der Waals surface area contributed by atoms with Gasteiger partial charge in [-0.1, -0.05) is 30.3 Å². The van der Waals surface area contributed by atoms with Crippen LogP contribution < -0.4 is 0 Å². The summed E-state index contributed by atoms with van der Waals surface area (Å²) >= 11 is 0. The average Bonchev–Trinajstić information content (AvgIpc) is 2.38. The van der Waals surface area contributed by atoms with Crippen molar-refractivity contribution >= 4 is 12.3 Å². The van der Waals surface area contributed by atoms with Gasteiger partial charge in [-0.15, -0.1) is 0 Å². The van der Waals surface area contributed by atoms with Crippen LogP contribution in [0.5, 0.6) is 0 Å². The molecule has 0 unspecified atom stereocenters. The highest BCUT2D eigenvalue weighted by Gasteiger charge is 2.17. The number of aliphatic hydroxyl groups is 1. The van der Waals surface area contributed by atoms with Gasteiger partial charge in [-0.2, -0.15) is 0 Å². The minimum Gasteiger partial charge on any atom is -0.464 e. The number of esters is 1. The molecule has 1 aromatic rings. The van der Waals surface area contributed by atoms with Gasteiger partial charge in [0.05, 0.1) is 6.61 Å². The van der Waals surface area contributed by atoms with E-state index in [2.05, 4.69) is 0 Å². The molecule has 1 N–H and O–H groups in total. The Hall–Kier alpha value is -1.68. The summed E-state index contributed by atoms with van der Waals surface area (Å²) in [5, 5.41) is 9.66. The third-order valence-electron chi connectivity index (χ3n) is 2.30. The zero-order valence-electron chi connectivity index (χ0n) is 9.54. The van der Waals surface area contributed by atoms with E-state index in [1.807, 2.05) is 0 Å². The highest BCUT2D eigenvalue weighted by atomic mass is 16.5. The van der Waals surface area contributed by atoms with Gasteiger partial charge in [0, 0.05) is 6.42 Å². The summed E-state index contributed by atoms with van der Waals surface area (Å²) in [6.07, 6.45) is 1.39. The van der Waals surface area contributed by atoms with Crippen molar-refractivity contribution in [1.29, 1.82) is 0 Å². The Morgan fingerprint density at radius 1 is 1.29 bits per heavy atom. The first kappa shape index (κ1) is 13.4. The minimum atomic E-state index is -1.23. The number of ether oxygens (including phenoxy) is 1. The van der Waals surface area contributed by atoms with Gasteiger partial charge in [-0.05, 0) is 18.4 Å². The van der Waals surface area contributed by atoms with E-state index in [1.165, 1.54) is 0 Å². The highest BCUT2D eigenvalue weighted by Crippen LogP contribution is 2.13. The summed E-state index contributed by atoms with van der Waals surface area (Å²) in [7, 11) is 0. The first-order valence-electron chi connectivity index (χ1n) is 5.59. The number of rotatable bonds is 7. The Kier molecular flexibility index (Phi) is 5.96. The normalized spacial score (nSPS) is 11.8. The Morgan fingerprint density at radius 3 is 2.65 bits per heavy atom. The topological polar surface area (TPSA) is 63.6 Å². The van der Waals surface area contributed by atoms with Crippen LogP contribution in [0, 0.1) is 0 Å². The second-order valence-electron chi connectivity index (χ2n) is 3.64. The van der Waals surface area contributed by atoms with Crippen LogP contribution in [0.1, 0.15) is 30.9 Å². The molecule has 0 bridgehead atoms. The third-order valence-corrected chi connectivity index (χ3v) is 2.30. The molecule has 0 fully saturated rings. The van der Waals surface area contributed by atoms with E-state index < -0.39 is 12.1 Å². The molecule has 0 radical (unpaired) electrons. The standard InChI is InChI=1S/C13H16O4/c14-9-5-2-6-10-17-13(16)12(15)11-7-3-1-4-8-11/h1,3-4,7-9,12,15H,2,5-6,10H2/t12-/m0/s1. The molecule has 1 aromatic carbocycles. The van der Waals surface area contributed by atoms with Gasteiger partial charge in [0.15, 0.2) is 6.10 Å². The van der Waals surface area contributed by atoms with E-state index in [1.54, 1.807) is 30.3 Å². The fourth-order valence-corrected chi connectivity index (χ4v) is 1.35. The SMILES string of the molecule is O=CCCCCOC(=O)[C@@H](O)c1ccccc1. The lowest BCUT2D eigenvalue weighted by Gasteiger charge is -2.10. The van der Waals surface area contributed by atoms with Gasteiger partial charge in [-0.3, -0.25) is 0 Å². The molecule has 0 saturated carbocycles. The smallest absolute Gasteiger partial charge is 0.339 e. The zero-order valence-corrected chi connectivity index (χ0v) is 9.54. The zero-order chi connectivity index (χ0) is 12.5. The molecule has 1 atom stereocenters. The molecule has 0 saturated heterocycles. The van der Waals surface area contributed by atoms with Crippen LogP contribution in [-0.2, 0) is 14.3 Å². The lowest BCUT2D eigenvalue weighted by atomic mass is 10.1. The van der Waals surface area contributed by atoms with Crippen LogP contribution in [0.4, 0.5) is 0 Å². The molecule has 0 spiro atoms. The summed E-state index contributed by atoms with van der Waals surface area (Å²) in [5.74, 6) is -0.651. The molecule has 17 heavy (non-hydrogen) atoms. The van der Waals surface area contributed by atoms with Crippen LogP contribution in [-0.4, -0.2) is 24.0 Å². The van der Waals surface area contributed by atoms with Crippen LogP contribution in [0.3, 0.4) is 0 Å². The third kappa shape index (κ3) is 4.78. The number of aldehydes is 1. The number of hydrogen-bond donors (Lipinski definition) is 1. The Labute approximate surface area is 100 Å². The molecular formula is C13H16O4. The second kappa shape index (κ2) is 7.57. The van der Waals surface area contributed by atoms with Crippen molar-refractivity contribution in [1.82, 2.24) is 0 Å². The predicted octanol–water partition coefficient (Wildman–Crippen LogP) is 1.63. The molecule has 0 heterocycles. The molecule has 0 aliphatic heterocycles. The molecule has 92 valence electrons. The van der Waals surface area contributed by atoms with Gasteiger partial charge in [0.2, 0.25) is 0 Å². The monoisotopic (exact) mass is 236 g/mol. The van der Waals surface area contributed by atoms with E-state index in [9.17, 15) is 14.7 Å². The molecule has 4 heteroatoms. The van der Waals surface area contributed by atoms with E-state index in [4.69, 9.17) is 4.74 Å². The maximum absolute atomic E-state index is 11.4. The summed E-state index contributed by atoms with van der Waals surface area (Å²) in [6, 6.07) is 8.63. The Bertz CT molecular complexity index is 348. The second-order valence-corrected chi connectivity index (χ2v) is 3.64. The highest BCUT2D eigenvalue weighted by molar-refractivity contribution is 5.76. The van der Waals surface area contributed by atoms with Gasteiger partial charge in [0.1, 0.15) is 6.29 Å². The van der Waals surface area contributed by atoms with Crippen molar-refractivity contribution in [2.45, 2.75) is 25.4 Å². The van der Waals surface area contributed by atoms with Crippen molar-refractivity contribution < 1.29 is 19.4 Å². The van der Waals surface area contributed by atoms with Crippen molar-refractivity contribution in [2.24, 2.45) is 0 Å². The van der Waals surface area contributed by atoms with Gasteiger partial charge in [0.25, 0.3) is 0 Å². The number of unbranched alkanes of at least 4 members (excludes halogenated alkanes) is 2. The largest absolute Gasteiger partial charge is 0.464 e. The molecule has 0 aliphatic carbocycles. The number of carbonyl (C=O) groups is 2. The van der Waals surface area contributed by atoms with Gasteiger partial charge < -0.3 is 14.6 Å². The number of carbonyl (C=O) groups excluding carboxylic acids is 2. The Balaban J connectivity index is 2.30. The number of benzene rings is 1. The molecule has 1 rings (SSSR count). The molecule has 0 aliphatic rings. The van der Waals surface area contributed by atoms with E-state index >= 15 is 0 Å². The number of hydrogen-bond acceptors (Lipinski definition) is 4. The first-order chi connectivity index (χ1) is 8.25. The van der Waals surface area contributed by atoms with Gasteiger partial charge >= 0.3 is 5.97 Å². The lowest BCUT2D eigenvalue weighted by molar-refractivity contribution is -0.154. The van der Waals surface area contributed by atoms with Crippen LogP contribution in [0.2, 0.25) is 0 Å². The Morgan fingerprint density at radius 2 is 2.00 bits per heavy atom. The first-order valence-corrected chi connectivity index (χ1v) is 5.59. The lowest BCUT2D eigenvalue weighted by Crippen LogP contribution is -2.16. The summed E-state index contributed by atoms with van der Waals surface area (Å²) in [6.45, 7) is 0.233. The van der Waals surface area contributed by atoms with Crippen LogP contribution in [0.15, 0.2) is 30.3 Å². The molecular weight excluding hydrogens is 220 g/mol. The maximum Gasteiger partial charge on any atom is 0.339 e. The quantitative estimate of drug-likeness (QED) is 0.444. The summed E-state index contributed by atoms with van der Waals surface area (Å²) in [5.41, 5.74) is 0.519.